The number of hydrogen-bond acceptors (Lipinski definition) is 2. The molecule has 0 fully saturated rings. The lowest BCUT2D eigenvalue weighted by Gasteiger charge is -2.33. The van der Waals surface area contributed by atoms with Crippen LogP contribution in [0.2, 0.25) is 0 Å². The molecule has 0 N–H and O–H groups in total. The normalized spacial score (nSPS) is 13.9. The number of rotatable bonds is 18. The number of benzene rings is 2. The Bertz CT molecular complexity index is 872. The molecular weight excluding hydrogens is 584 g/mol. The second kappa shape index (κ2) is 15.8. The van der Waals surface area contributed by atoms with Crippen molar-refractivity contribution in [3.63, 3.8) is 0 Å². The number of nitrogens with zero attached hydrogens (tertiary/aromatic N) is 2. The molecular formula is C33H50Br2N2. The summed E-state index contributed by atoms with van der Waals surface area (Å²) in [6.45, 7) is 16.3. The molecule has 1 aliphatic carbocycles. The van der Waals surface area contributed by atoms with Gasteiger partial charge in [-0.15, -0.1) is 0 Å². The first-order valence-electron chi connectivity index (χ1n) is 15.0. The van der Waals surface area contributed by atoms with E-state index in [1.165, 1.54) is 124 Å². The summed E-state index contributed by atoms with van der Waals surface area (Å²) in [5, 5.41) is 0. The molecule has 2 nitrogen and oxygen atoms in total. The van der Waals surface area contributed by atoms with Crippen LogP contribution >= 0.6 is 31.9 Å². The van der Waals surface area contributed by atoms with Crippen LogP contribution in [-0.4, -0.2) is 49.1 Å². The van der Waals surface area contributed by atoms with Crippen LogP contribution in [0.4, 0.5) is 0 Å². The summed E-state index contributed by atoms with van der Waals surface area (Å²) in [5.41, 5.74) is 6.15. The number of fused-ring (bicyclic) bond motifs is 3. The van der Waals surface area contributed by atoms with E-state index in [4.69, 9.17) is 0 Å². The average molecular weight is 635 g/mol. The molecule has 37 heavy (non-hydrogen) atoms. The maximum Gasteiger partial charge on any atom is 0.0216 e. The first kappa shape index (κ1) is 30.9. The van der Waals surface area contributed by atoms with Gasteiger partial charge in [0, 0.05) is 14.4 Å². The Kier molecular flexibility index (Phi) is 13.2. The molecule has 0 saturated carbocycles. The predicted molar refractivity (Wildman–Crippen MR) is 170 cm³/mol. The van der Waals surface area contributed by atoms with Crippen molar-refractivity contribution in [3.8, 4) is 11.1 Å². The molecule has 0 atom stereocenters. The van der Waals surface area contributed by atoms with E-state index in [-0.39, 0.29) is 5.41 Å². The highest BCUT2D eigenvalue weighted by atomic mass is 79.9. The van der Waals surface area contributed by atoms with Crippen LogP contribution in [0.1, 0.15) is 103 Å². The van der Waals surface area contributed by atoms with Crippen LogP contribution in [0.15, 0.2) is 45.3 Å². The SMILES string of the molecule is CCN(CC)CCCCCCC1(CCCCCCN(CC)CC)c2cc(Br)ccc2-c2ccc(Br)cc21. The average Bonchev–Trinajstić information content (AvgIpc) is 3.16. The smallest absolute Gasteiger partial charge is 0.0216 e. The van der Waals surface area contributed by atoms with Gasteiger partial charge >= 0.3 is 0 Å². The van der Waals surface area contributed by atoms with Gasteiger partial charge in [-0.25, -0.2) is 0 Å². The van der Waals surface area contributed by atoms with E-state index in [0.717, 1.165) is 0 Å². The first-order valence-corrected chi connectivity index (χ1v) is 16.6. The van der Waals surface area contributed by atoms with Gasteiger partial charge in [0.2, 0.25) is 0 Å². The topological polar surface area (TPSA) is 6.48 Å². The van der Waals surface area contributed by atoms with Crippen molar-refractivity contribution in [1.29, 1.82) is 0 Å². The Morgan fingerprint density at radius 3 is 1.30 bits per heavy atom. The molecule has 2 aromatic carbocycles. The fraction of sp³-hybridized carbons (Fsp3) is 0.636. The second-order valence-corrected chi connectivity index (χ2v) is 12.7. The molecule has 2 aromatic rings. The molecule has 0 saturated heterocycles. The lowest BCUT2D eigenvalue weighted by atomic mass is 9.70. The van der Waals surface area contributed by atoms with E-state index >= 15 is 0 Å². The quantitative estimate of drug-likeness (QED) is 0.151. The Labute approximate surface area is 244 Å². The Balaban J connectivity index is 1.72. The van der Waals surface area contributed by atoms with Crippen LogP contribution in [0.3, 0.4) is 0 Å². The molecule has 0 radical (unpaired) electrons. The summed E-state index contributed by atoms with van der Waals surface area (Å²) in [6.07, 6.45) is 13.1. The van der Waals surface area contributed by atoms with E-state index in [9.17, 15) is 0 Å². The van der Waals surface area contributed by atoms with E-state index < -0.39 is 0 Å². The van der Waals surface area contributed by atoms with Crippen molar-refractivity contribution in [2.45, 2.75) is 97.3 Å². The maximum absolute atomic E-state index is 3.82. The van der Waals surface area contributed by atoms with Crippen molar-refractivity contribution in [3.05, 3.63) is 56.5 Å². The molecule has 0 bridgehead atoms. The number of unbranched alkanes of at least 4 members (excludes halogenated alkanes) is 6. The van der Waals surface area contributed by atoms with Crippen molar-refractivity contribution in [1.82, 2.24) is 9.80 Å². The molecule has 0 amide bonds. The Hall–Kier alpha value is -0.680. The predicted octanol–water partition coefficient (Wildman–Crippen LogP) is 10.1. The van der Waals surface area contributed by atoms with E-state index in [1.807, 2.05) is 0 Å². The third kappa shape index (κ3) is 8.16. The molecule has 0 aromatic heterocycles. The minimum atomic E-state index is 0.135. The minimum absolute atomic E-state index is 0.135. The van der Waals surface area contributed by atoms with Crippen molar-refractivity contribution in [2.75, 3.05) is 39.3 Å². The van der Waals surface area contributed by atoms with Gasteiger partial charge in [0.1, 0.15) is 0 Å². The van der Waals surface area contributed by atoms with Crippen LogP contribution in [0.25, 0.3) is 11.1 Å². The fourth-order valence-electron chi connectivity index (χ4n) is 6.41. The monoisotopic (exact) mass is 632 g/mol. The maximum atomic E-state index is 3.82. The van der Waals surface area contributed by atoms with E-state index in [2.05, 4.69) is 106 Å². The third-order valence-electron chi connectivity index (χ3n) is 8.73. The highest BCUT2D eigenvalue weighted by Gasteiger charge is 2.42. The molecule has 0 heterocycles. The first-order chi connectivity index (χ1) is 18.0. The molecule has 206 valence electrons. The number of hydrogen-bond donors (Lipinski definition) is 0. The lowest BCUT2D eigenvalue weighted by Crippen LogP contribution is -2.26. The van der Waals surface area contributed by atoms with Gasteiger partial charge in [0.15, 0.2) is 0 Å². The summed E-state index contributed by atoms with van der Waals surface area (Å²) < 4.78 is 2.42. The van der Waals surface area contributed by atoms with Gasteiger partial charge in [0.05, 0.1) is 0 Å². The van der Waals surface area contributed by atoms with Crippen molar-refractivity contribution < 1.29 is 0 Å². The Morgan fingerprint density at radius 2 is 0.919 bits per heavy atom. The van der Waals surface area contributed by atoms with Gasteiger partial charge in [0.25, 0.3) is 0 Å². The molecule has 0 unspecified atom stereocenters. The van der Waals surface area contributed by atoms with Gasteiger partial charge < -0.3 is 9.80 Å². The van der Waals surface area contributed by atoms with Crippen molar-refractivity contribution in [2.24, 2.45) is 0 Å². The number of halogens is 2. The summed E-state index contributed by atoms with van der Waals surface area (Å²) in [6, 6.07) is 14.0. The largest absolute Gasteiger partial charge is 0.304 e. The summed E-state index contributed by atoms with van der Waals surface area (Å²) >= 11 is 7.63. The zero-order valence-electron chi connectivity index (χ0n) is 23.9. The third-order valence-corrected chi connectivity index (χ3v) is 9.72. The zero-order valence-corrected chi connectivity index (χ0v) is 27.1. The minimum Gasteiger partial charge on any atom is -0.304 e. The lowest BCUT2D eigenvalue weighted by molar-refractivity contribution is 0.292. The zero-order chi connectivity index (χ0) is 26.7. The van der Waals surface area contributed by atoms with Gasteiger partial charge in [-0.2, -0.15) is 0 Å². The molecule has 4 heteroatoms. The van der Waals surface area contributed by atoms with Crippen LogP contribution in [0, 0.1) is 0 Å². The molecule has 0 aliphatic heterocycles. The van der Waals surface area contributed by atoms with Gasteiger partial charge in [-0.05, 0) is 111 Å². The highest BCUT2D eigenvalue weighted by Crippen LogP contribution is 2.55. The van der Waals surface area contributed by atoms with E-state index in [0.29, 0.717) is 0 Å². The fourth-order valence-corrected chi connectivity index (χ4v) is 7.14. The van der Waals surface area contributed by atoms with Crippen LogP contribution in [0.5, 0.6) is 0 Å². The van der Waals surface area contributed by atoms with Crippen LogP contribution in [-0.2, 0) is 5.41 Å². The summed E-state index contributed by atoms with van der Waals surface area (Å²) in [7, 11) is 0. The summed E-state index contributed by atoms with van der Waals surface area (Å²) in [5.74, 6) is 0. The highest BCUT2D eigenvalue weighted by molar-refractivity contribution is 9.10. The standard InChI is InChI=1S/C33H50Br2N2/c1-5-36(6-2)23-15-11-9-13-21-33(22-14-10-12-16-24-37(7-3)8-4)31-25-27(34)17-19-29(31)30-20-18-28(35)26-32(30)33/h17-20,25-26H,5-16,21-24H2,1-4H3. The van der Waals surface area contributed by atoms with Gasteiger partial charge in [-0.1, -0.05) is 110 Å². The Morgan fingerprint density at radius 1 is 0.541 bits per heavy atom. The molecule has 1 aliphatic rings. The van der Waals surface area contributed by atoms with Gasteiger partial charge in [-0.3, -0.25) is 0 Å². The van der Waals surface area contributed by atoms with Crippen LogP contribution < -0.4 is 0 Å². The van der Waals surface area contributed by atoms with E-state index in [1.54, 1.807) is 11.1 Å². The summed E-state index contributed by atoms with van der Waals surface area (Å²) in [4.78, 5) is 5.11. The molecule has 3 rings (SSSR count). The van der Waals surface area contributed by atoms with Crippen molar-refractivity contribution >= 4 is 31.9 Å². The second-order valence-electron chi connectivity index (χ2n) is 10.8. The molecule has 0 spiro atoms.